The quantitative estimate of drug-likeness (QED) is 0.0745. The van der Waals surface area contributed by atoms with Gasteiger partial charge in [-0.15, -0.1) is 0 Å². The Hall–Kier alpha value is -5.40. The van der Waals surface area contributed by atoms with Crippen LogP contribution in [-0.2, 0) is 4.57 Å². The van der Waals surface area contributed by atoms with Crippen LogP contribution in [0.3, 0.4) is 0 Å². The van der Waals surface area contributed by atoms with Crippen molar-refractivity contribution in [3.63, 3.8) is 0 Å². The second-order valence-electron chi connectivity index (χ2n) is 11.9. The summed E-state index contributed by atoms with van der Waals surface area (Å²) < 4.78 is 11.6. The summed E-state index contributed by atoms with van der Waals surface area (Å²) in [5.41, 5.74) is 4.79. The molecule has 0 saturated carbocycles. The van der Waals surface area contributed by atoms with Crippen molar-refractivity contribution in [3.05, 3.63) is 188 Å². The van der Waals surface area contributed by atoms with E-state index in [2.05, 4.69) is 176 Å². The van der Waals surface area contributed by atoms with E-state index in [0.29, 0.717) is 0 Å². The summed E-state index contributed by atoms with van der Waals surface area (Å²) in [4.78, 5) is 0. The Kier molecular flexibility index (Phi) is 7.67. The molecule has 0 heterocycles. The lowest BCUT2D eigenvalue weighted by molar-refractivity contribution is 0.603. The molecule has 1 atom stereocenters. The SMILES string of the molecule is O=[PH+]c1ccc(-c2c3ccccc3c(-c3ccc([Si](c4ccccc4)(c4ccccc4)c4ccccc4)cc3)c3ccccc23)cc1. The lowest BCUT2D eigenvalue weighted by atomic mass is 9.86. The topological polar surface area (TPSA) is 17.1 Å². The second kappa shape index (κ2) is 12.4. The third-order valence-electron chi connectivity index (χ3n) is 9.45. The predicted molar refractivity (Wildman–Crippen MR) is 205 cm³/mol. The van der Waals surface area contributed by atoms with Crippen LogP contribution in [0.15, 0.2) is 188 Å². The highest BCUT2D eigenvalue weighted by Crippen LogP contribution is 2.43. The smallest absolute Gasteiger partial charge is 0.0707 e. The number of rotatable bonds is 7. The molecule has 8 rings (SSSR count). The van der Waals surface area contributed by atoms with Gasteiger partial charge in [0.2, 0.25) is 0 Å². The van der Waals surface area contributed by atoms with Gasteiger partial charge in [0.15, 0.2) is 13.4 Å². The Labute approximate surface area is 278 Å². The molecular weight excluding hydrogens is 604 g/mol. The molecule has 0 aliphatic carbocycles. The molecule has 1 nitrogen and oxygen atoms in total. The van der Waals surface area contributed by atoms with Crippen molar-refractivity contribution < 1.29 is 4.57 Å². The molecule has 0 spiro atoms. The van der Waals surface area contributed by atoms with Crippen molar-refractivity contribution in [2.24, 2.45) is 0 Å². The molecule has 8 aromatic rings. The van der Waals surface area contributed by atoms with Crippen molar-refractivity contribution in [1.82, 2.24) is 0 Å². The zero-order valence-corrected chi connectivity index (χ0v) is 27.8. The third kappa shape index (κ3) is 4.94. The Morgan fingerprint density at radius 2 is 0.617 bits per heavy atom. The molecule has 0 bridgehead atoms. The van der Waals surface area contributed by atoms with Gasteiger partial charge in [0, 0.05) is 0 Å². The van der Waals surface area contributed by atoms with Gasteiger partial charge in [0.25, 0.3) is 0 Å². The highest BCUT2D eigenvalue weighted by molar-refractivity contribution is 7.34. The molecule has 222 valence electrons. The van der Waals surface area contributed by atoms with Crippen LogP contribution in [0.1, 0.15) is 0 Å². The average Bonchev–Trinajstić information content (AvgIpc) is 3.16. The van der Waals surface area contributed by atoms with Gasteiger partial charge < -0.3 is 0 Å². The number of hydrogen-bond acceptors (Lipinski definition) is 1. The van der Waals surface area contributed by atoms with Crippen LogP contribution in [0.25, 0.3) is 43.8 Å². The van der Waals surface area contributed by atoms with Crippen molar-refractivity contribution in [2.75, 3.05) is 0 Å². The first-order chi connectivity index (χ1) is 23.3. The first-order valence-electron chi connectivity index (χ1n) is 16.0. The molecule has 1 unspecified atom stereocenters. The predicted octanol–water partition coefficient (Wildman–Crippen LogP) is 8.35. The minimum atomic E-state index is -2.61. The van der Waals surface area contributed by atoms with Crippen molar-refractivity contribution in [2.45, 2.75) is 0 Å². The zero-order valence-electron chi connectivity index (χ0n) is 25.8. The van der Waals surface area contributed by atoms with E-state index in [4.69, 9.17) is 0 Å². The van der Waals surface area contributed by atoms with Crippen LogP contribution in [0.4, 0.5) is 0 Å². The Morgan fingerprint density at radius 3 is 0.957 bits per heavy atom. The van der Waals surface area contributed by atoms with Gasteiger partial charge in [0.1, 0.15) is 0 Å². The molecule has 0 saturated heterocycles. The number of fused-ring (bicyclic) bond motifs is 2. The minimum Gasteiger partial charge on any atom is -0.0707 e. The van der Waals surface area contributed by atoms with Gasteiger partial charge in [-0.2, -0.15) is 0 Å². The van der Waals surface area contributed by atoms with Crippen LogP contribution >= 0.6 is 8.46 Å². The van der Waals surface area contributed by atoms with E-state index in [9.17, 15) is 4.57 Å². The maximum atomic E-state index is 11.6. The summed E-state index contributed by atoms with van der Waals surface area (Å²) in [5.74, 6) is 0. The van der Waals surface area contributed by atoms with Gasteiger partial charge in [-0.25, -0.2) is 0 Å². The summed E-state index contributed by atoms with van der Waals surface area (Å²) >= 11 is 0. The molecule has 3 heteroatoms. The molecule has 0 aliphatic heterocycles. The van der Waals surface area contributed by atoms with Crippen LogP contribution in [0.2, 0.25) is 0 Å². The fraction of sp³-hybridized carbons (Fsp3) is 0. The Morgan fingerprint density at radius 1 is 0.319 bits per heavy atom. The van der Waals surface area contributed by atoms with Crippen molar-refractivity contribution >= 4 is 64.1 Å². The van der Waals surface area contributed by atoms with Crippen LogP contribution in [0, 0.1) is 0 Å². The molecular formula is C44H32OPSi+. The molecule has 0 amide bonds. The summed E-state index contributed by atoms with van der Waals surface area (Å²) in [6, 6.07) is 68.3. The van der Waals surface area contributed by atoms with Gasteiger partial charge >= 0.3 is 8.46 Å². The van der Waals surface area contributed by atoms with E-state index in [-0.39, 0.29) is 0 Å². The van der Waals surface area contributed by atoms with Crippen LogP contribution < -0.4 is 26.1 Å². The van der Waals surface area contributed by atoms with Gasteiger partial charge in [-0.05, 0) is 88.8 Å². The minimum absolute atomic E-state index is 0.455. The van der Waals surface area contributed by atoms with E-state index < -0.39 is 16.5 Å². The molecule has 0 N–H and O–H groups in total. The van der Waals surface area contributed by atoms with E-state index in [1.807, 2.05) is 12.1 Å². The second-order valence-corrected chi connectivity index (χ2v) is 16.5. The Balaban J connectivity index is 1.38. The first-order valence-corrected chi connectivity index (χ1v) is 18.9. The fourth-order valence-corrected chi connectivity index (χ4v) is 12.5. The summed E-state index contributed by atoms with van der Waals surface area (Å²) in [6.07, 6.45) is 0. The lowest BCUT2D eigenvalue weighted by Crippen LogP contribution is -2.74. The molecule has 0 fully saturated rings. The molecule has 0 aromatic heterocycles. The first kappa shape index (κ1) is 29.0. The fourth-order valence-electron chi connectivity index (χ4n) is 7.41. The maximum Gasteiger partial charge on any atom is 0.363 e. The monoisotopic (exact) mass is 635 g/mol. The van der Waals surface area contributed by atoms with E-state index in [1.54, 1.807) is 0 Å². The Bertz CT molecular complexity index is 2180. The highest BCUT2D eigenvalue weighted by Gasteiger charge is 2.41. The molecule has 8 aromatic carbocycles. The van der Waals surface area contributed by atoms with Gasteiger partial charge in [0.05, 0.1) is 0 Å². The number of hydrogen-bond donors (Lipinski definition) is 0. The lowest BCUT2D eigenvalue weighted by Gasteiger charge is -2.34. The highest BCUT2D eigenvalue weighted by atomic mass is 31.1. The van der Waals surface area contributed by atoms with Crippen molar-refractivity contribution in [1.29, 1.82) is 0 Å². The zero-order chi connectivity index (χ0) is 31.6. The summed E-state index contributed by atoms with van der Waals surface area (Å²) in [6.45, 7) is 0. The van der Waals surface area contributed by atoms with Crippen molar-refractivity contribution in [3.8, 4) is 22.3 Å². The van der Waals surface area contributed by atoms with Gasteiger partial charge in [-0.3, -0.25) is 0 Å². The normalized spacial score (nSPS) is 11.7. The molecule has 0 aliphatic rings. The van der Waals surface area contributed by atoms with Crippen LogP contribution in [0.5, 0.6) is 0 Å². The standard InChI is InChI=1S/C44H31OPSi/c45-46-34-28-24-32(25-29-34)43-39-20-10-12-22-41(39)44(42-23-13-11-21-40(42)43)33-26-30-38(31-27-33)47(35-14-4-1-5-15-35,36-16-6-2-7-17-36)37-18-8-3-9-19-37/h1-31H/p+1. The van der Waals surface area contributed by atoms with Gasteiger partial charge in [-0.1, -0.05) is 168 Å². The van der Waals surface area contributed by atoms with E-state index >= 15 is 0 Å². The summed E-state index contributed by atoms with van der Waals surface area (Å²) in [5, 5.41) is 11.2. The molecule has 47 heavy (non-hydrogen) atoms. The number of benzene rings is 8. The average molecular weight is 636 g/mol. The largest absolute Gasteiger partial charge is 0.363 e. The molecule has 0 radical (unpaired) electrons. The maximum absolute atomic E-state index is 11.6. The summed E-state index contributed by atoms with van der Waals surface area (Å²) in [7, 11) is -3.07. The van der Waals surface area contributed by atoms with E-state index in [1.165, 1.54) is 59.0 Å². The third-order valence-corrected chi connectivity index (χ3v) is 14.8. The van der Waals surface area contributed by atoms with E-state index in [0.717, 1.165) is 10.9 Å². The van der Waals surface area contributed by atoms with Crippen LogP contribution in [-0.4, -0.2) is 8.07 Å².